The third-order valence-electron chi connectivity index (χ3n) is 6.84. The molecule has 5 rings (SSSR count). The van der Waals surface area contributed by atoms with E-state index in [4.69, 9.17) is 0 Å². The smallest absolute Gasteiger partial charge is 0.0795 e. The van der Waals surface area contributed by atoms with E-state index in [-0.39, 0.29) is 25.5 Å². The molecule has 39 heavy (non-hydrogen) atoms. The van der Waals surface area contributed by atoms with E-state index in [0.29, 0.717) is 0 Å². The SMILES string of the molecule is CC(C)(c1ccccc1)c1ccnc(-c2[c-]cccc2)c1.Cc1c[c-]c(-c2ccc([Si](C)(C)C)cn2)cc1.[Ir]. The minimum absolute atomic E-state index is 0. The predicted molar refractivity (Wildman–Crippen MR) is 163 cm³/mol. The van der Waals surface area contributed by atoms with Crippen LogP contribution in [0.2, 0.25) is 19.6 Å². The van der Waals surface area contributed by atoms with Gasteiger partial charge in [0.25, 0.3) is 0 Å². The van der Waals surface area contributed by atoms with Gasteiger partial charge in [-0.2, -0.15) is 0 Å². The van der Waals surface area contributed by atoms with Gasteiger partial charge >= 0.3 is 0 Å². The molecule has 0 spiro atoms. The molecule has 201 valence electrons. The minimum Gasteiger partial charge on any atom is -0.305 e. The molecule has 0 fully saturated rings. The van der Waals surface area contributed by atoms with Gasteiger partial charge in [0, 0.05) is 37.9 Å². The summed E-state index contributed by atoms with van der Waals surface area (Å²) < 4.78 is 0. The van der Waals surface area contributed by atoms with Crippen LogP contribution in [0.15, 0.2) is 109 Å². The molecule has 0 bridgehead atoms. The van der Waals surface area contributed by atoms with Crippen LogP contribution >= 0.6 is 0 Å². The van der Waals surface area contributed by atoms with Crippen molar-refractivity contribution >= 4 is 13.3 Å². The Balaban J connectivity index is 0.000000215. The number of aryl methyl sites for hydroxylation is 1. The number of hydrogen-bond acceptors (Lipinski definition) is 2. The second-order valence-electron chi connectivity index (χ2n) is 11.2. The Morgan fingerprint density at radius 2 is 1.41 bits per heavy atom. The first kappa shape index (κ1) is 30.4. The van der Waals surface area contributed by atoms with Crippen LogP contribution in [0, 0.1) is 19.1 Å². The van der Waals surface area contributed by atoms with Gasteiger partial charge in [-0.15, -0.1) is 71.3 Å². The number of rotatable bonds is 5. The maximum absolute atomic E-state index is 4.55. The third-order valence-corrected chi connectivity index (χ3v) is 8.86. The molecule has 0 aliphatic carbocycles. The van der Waals surface area contributed by atoms with Gasteiger partial charge in [0.15, 0.2) is 0 Å². The molecule has 5 aromatic rings. The maximum atomic E-state index is 4.55. The Morgan fingerprint density at radius 3 is 2.00 bits per heavy atom. The van der Waals surface area contributed by atoms with Gasteiger partial charge in [-0.25, -0.2) is 0 Å². The van der Waals surface area contributed by atoms with Gasteiger partial charge in [0.05, 0.1) is 8.07 Å². The van der Waals surface area contributed by atoms with Gasteiger partial charge in [-0.05, 0) is 33.8 Å². The molecule has 0 saturated carbocycles. The first-order valence-electron chi connectivity index (χ1n) is 13.1. The van der Waals surface area contributed by atoms with Crippen LogP contribution in [-0.4, -0.2) is 18.0 Å². The minimum atomic E-state index is -1.24. The topological polar surface area (TPSA) is 25.8 Å². The molecule has 0 aliphatic rings. The predicted octanol–water partition coefficient (Wildman–Crippen LogP) is 8.27. The fourth-order valence-electron chi connectivity index (χ4n) is 4.20. The Morgan fingerprint density at radius 1 is 0.692 bits per heavy atom. The van der Waals surface area contributed by atoms with Crippen LogP contribution in [0.5, 0.6) is 0 Å². The van der Waals surface area contributed by atoms with Crippen molar-refractivity contribution in [2.45, 2.75) is 45.8 Å². The molecule has 2 heterocycles. The largest absolute Gasteiger partial charge is 0.305 e. The summed E-state index contributed by atoms with van der Waals surface area (Å²) in [7, 11) is -1.24. The van der Waals surface area contributed by atoms with E-state index in [1.54, 1.807) is 0 Å². The van der Waals surface area contributed by atoms with Gasteiger partial charge in [-0.3, -0.25) is 0 Å². The van der Waals surface area contributed by atoms with E-state index in [1.807, 2.05) is 42.7 Å². The van der Waals surface area contributed by atoms with Crippen molar-refractivity contribution in [2.75, 3.05) is 0 Å². The molecule has 0 atom stereocenters. The first-order valence-corrected chi connectivity index (χ1v) is 16.6. The fourth-order valence-corrected chi connectivity index (χ4v) is 5.23. The van der Waals surface area contributed by atoms with Crippen LogP contribution < -0.4 is 5.19 Å². The molecule has 2 nitrogen and oxygen atoms in total. The summed E-state index contributed by atoms with van der Waals surface area (Å²) in [5.41, 5.74) is 7.82. The van der Waals surface area contributed by atoms with Gasteiger partial charge in [-0.1, -0.05) is 88.9 Å². The van der Waals surface area contributed by atoms with Crippen LogP contribution in [0.3, 0.4) is 0 Å². The van der Waals surface area contributed by atoms with E-state index < -0.39 is 8.07 Å². The van der Waals surface area contributed by atoms with Gasteiger partial charge in [0.2, 0.25) is 0 Å². The number of pyridine rings is 2. The average molecular weight is 705 g/mol. The molecule has 0 aliphatic heterocycles. The summed E-state index contributed by atoms with van der Waals surface area (Å²) >= 11 is 0. The van der Waals surface area contributed by atoms with Crippen molar-refractivity contribution in [3.63, 3.8) is 0 Å². The van der Waals surface area contributed by atoms with E-state index in [9.17, 15) is 0 Å². The molecule has 0 amide bonds. The normalized spacial score (nSPS) is 11.1. The number of hydrogen-bond donors (Lipinski definition) is 0. The third kappa shape index (κ3) is 7.92. The van der Waals surface area contributed by atoms with Crippen molar-refractivity contribution in [1.82, 2.24) is 9.97 Å². The molecule has 3 aromatic carbocycles. The van der Waals surface area contributed by atoms with E-state index in [2.05, 4.69) is 129 Å². The maximum Gasteiger partial charge on any atom is 0.0795 e. The average Bonchev–Trinajstić information content (AvgIpc) is 2.94. The zero-order valence-corrected chi connectivity index (χ0v) is 27.0. The number of aromatic nitrogens is 2. The van der Waals surface area contributed by atoms with Gasteiger partial charge in [0.1, 0.15) is 0 Å². The molecule has 1 radical (unpaired) electrons. The molecule has 0 N–H and O–H groups in total. The monoisotopic (exact) mass is 705 g/mol. The summed E-state index contributed by atoms with van der Waals surface area (Å²) in [6.07, 6.45) is 3.91. The van der Waals surface area contributed by atoms with E-state index >= 15 is 0 Å². The quantitative estimate of drug-likeness (QED) is 0.136. The second-order valence-corrected chi connectivity index (χ2v) is 16.2. The summed E-state index contributed by atoms with van der Waals surface area (Å²) in [4.78, 5) is 9.03. The first-order chi connectivity index (χ1) is 18.1. The molecular weight excluding hydrogens is 669 g/mol. The summed E-state index contributed by atoms with van der Waals surface area (Å²) in [6.45, 7) is 13.6. The van der Waals surface area contributed by atoms with E-state index in [1.165, 1.54) is 21.9 Å². The van der Waals surface area contributed by atoms with Crippen molar-refractivity contribution in [1.29, 1.82) is 0 Å². The fraction of sp³-hybridized carbons (Fsp3) is 0.200. The zero-order valence-electron chi connectivity index (χ0n) is 23.6. The molecule has 2 aromatic heterocycles. The molecular formula is C35H36IrN2Si-2. The van der Waals surface area contributed by atoms with Gasteiger partial charge < -0.3 is 9.97 Å². The van der Waals surface area contributed by atoms with Crippen LogP contribution in [0.4, 0.5) is 0 Å². The van der Waals surface area contributed by atoms with Crippen molar-refractivity contribution in [2.24, 2.45) is 0 Å². The van der Waals surface area contributed by atoms with Crippen molar-refractivity contribution in [3.8, 4) is 22.5 Å². The molecule has 0 saturated heterocycles. The zero-order chi connectivity index (χ0) is 27.2. The Bertz CT molecular complexity index is 1440. The summed E-state index contributed by atoms with van der Waals surface area (Å²) in [6, 6.07) is 39.8. The number of nitrogens with zero attached hydrogens (tertiary/aromatic N) is 2. The number of benzene rings is 3. The molecule has 4 heteroatoms. The van der Waals surface area contributed by atoms with Crippen molar-refractivity contribution in [3.05, 3.63) is 138 Å². The summed E-state index contributed by atoms with van der Waals surface area (Å²) in [5.74, 6) is 0. The molecule has 0 unspecified atom stereocenters. The van der Waals surface area contributed by atoms with Crippen LogP contribution in [0.1, 0.15) is 30.5 Å². The van der Waals surface area contributed by atoms with E-state index in [0.717, 1.165) is 22.5 Å². The van der Waals surface area contributed by atoms with Crippen LogP contribution in [-0.2, 0) is 25.5 Å². The van der Waals surface area contributed by atoms with Crippen molar-refractivity contribution < 1.29 is 20.1 Å². The Kier molecular flexibility index (Phi) is 10.3. The van der Waals surface area contributed by atoms with Crippen LogP contribution in [0.25, 0.3) is 22.5 Å². The Labute approximate surface area is 249 Å². The standard InChI is InChI=1S/C20H18N.C15H18NSi.Ir/c1-20(2,17-11-7-4-8-12-17)18-13-14-21-19(15-18)16-9-5-3-6-10-16;1-12-5-7-13(8-6-12)15-10-9-14(11-16-15)17(2,3)4;/h3-9,11-15H,1-2H3;5-7,9-11H,1-4H3;/q2*-1;. The second kappa shape index (κ2) is 13.3. The Hall–Kier alpha value is -3.17. The summed E-state index contributed by atoms with van der Waals surface area (Å²) in [5, 5.41) is 1.40.